The summed E-state index contributed by atoms with van der Waals surface area (Å²) < 4.78 is 11.1. The zero-order valence-electron chi connectivity index (χ0n) is 42.3. The minimum absolute atomic E-state index is 0.0890. The van der Waals surface area contributed by atoms with Gasteiger partial charge in [-0.15, -0.1) is 0 Å². The van der Waals surface area contributed by atoms with E-state index >= 15 is 0 Å². The molecule has 0 heterocycles. The van der Waals surface area contributed by atoms with Gasteiger partial charge >= 0.3 is 41.8 Å². The number of rotatable bonds is 38. The van der Waals surface area contributed by atoms with Crippen LogP contribution in [0, 0.1) is 53.3 Å². The molecule has 0 aromatic rings. The third-order valence-electron chi connectivity index (χ3n) is 12.8. The highest BCUT2D eigenvalue weighted by atomic mass is 16.5. The second-order valence-corrected chi connectivity index (χ2v) is 19.5. The number of ether oxygens (including phenoxy) is 2. The number of carbonyl (C=O) groups is 8. The molecule has 0 aliphatic heterocycles. The molecule has 0 aliphatic rings. The van der Waals surface area contributed by atoms with Crippen molar-refractivity contribution in [2.24, 2.45) is 53.3 Å². The molecular weight excluding hydrogens is 881 g/mol. The van der Waals surface area contributed by atoms with Crippen molar-refractivity contribution in [2.75, 3.05) is 0 Å². The fraction of sp³-hybridized carbons (Fsp3) is 0.731. The molecule has 0 aromatic carbocycles. The van der Waals surface area contributed by atoms with Crippen LogP contribution in [-0.2, 0) is 47.8 Å². The van der Waals surface area contributed by atoms with Crippen molar-refractivity contribution in [3.8, 4) is 0 Å². The molecule has 0 radical (unpaired) electrons. The number of carbonyl (C=O) groups excluding carboxylic acids is 3. The molecule has 6 N–H and O–H groups in total. The number of unbranched alkanes of at least 4 members (excludes halogenated alkanes) is 2. The lowest BCUT2D eigenvalue weighted by atomic mass is 9.86. The number of esters is 2. The third-order valence-corrected chi connectivity index (χ3v) is 12.8. The van der Waals surface area contributed by atoms with Crippen molar-refractivity contribution in [1.29, 1.82) is 0 Å². The lowest BCUT2D eigenvalue weighted by Crippen LogP contribution is -2.31. The molecule has 0 amide bonds. The maximum atomic E-state index is 13.1. The van der Waals surface area contributed by atoms with Crippen LogP contribution in [0.25, 0.3) is 0 Å². The lowest BCUT2D eigenvalue weighted by molar-refractivity contribution is -0.160. The summed E-state index contributed by atoms with van der Waals surface area (Å²) in [7, 11) is 0. The van der Waals surface area contributed by atoms with Gasteiger partial charge in [0.15, 0.2) is 0 Å². The van der Waals surface area contributed by atoms with E-state index in [1.807, 2.05) is 53.7 Å². The summed E-state index contributed by atoms with van der Waals surface area (Å²) in [4.78, 5) is 94.9. The SMILES string of the molecule is CCC(CC(C)C(=O)O)C(=O)CCC(C)=CC(C)CC(C)=CC(C)C(O)C(C)CCC(CCCCC=CC(C)CCC(C)OC(=O)CC(CC(=O)O)C(=O)O)OC(=O)CC(C(=O)O)C(C)C(=O)O. The van der Waals surface area contributed by atoms with Gasteiger partial charge in [-0.2, -0.15) is 0 Å². The summed E-state index contributed by atoms with van der Waals surface area (Å²) in [5.41, 5.74) is 2.19. The fourth-order valence-electron chi connectivity index (χ4n) is 8.34. The zero-order chi connectivity index (χ0) is 52.3. The molecule has 12 atom stereocenters. The van der Waals surface area contributed by atoms with Crippen molar-refractivity contribution >= 4 is 47.6 Å². The van der Waals surface area contributed by atoms with E-state index in [0.29, 0.717) is 70.6 Å². The molecule has 68 heavy (non-hydrogen) atoms. The first-order chi connectivity index (χ1) is 31.7. The second-order valence-electron chi connectivity index (χ2n) is 19.5. The van der Waals surface area contributed by atoms with Crippen LogP contribution in [0.4, 0.5) is 0 Å². The van der Waals surface area contributed by atoms with E-state index in [-0.39, 0.29) is 35.4 Å². The number of hydrogen-bond acceptors (Lipinski definition) is 11. The van der Waals surface area contributed by atoms with E-state index in [0.717, 1.165) is 24.0 Å². The summed E-state index contributed by atoms with van der Waals surface area (Å²) in [6.07, 6.45) is 12.1. The number of Topliss-reactive ketones (excluding diaryl/α,β-unsaturated/α-hetero) is 1. The maximum absolute atomic E-state index is 13.1. The van der Waals surface area contributed by atoms with E-state index < -0.39 is 103 Å². The molecular formula is C52H84O16. The van der Waals surface area contributed by atoms with Crippen LogP contribution < -0.4 is 0 Å². The van der Waals surface area contributed by atoms with Crippen LogP contribution in [-0.4, -0.2) is 96.5 Å². The highest BCUT2D eigenvalue weighted by Crippen LogP contribution is 2.27. The summed E-state index contributed by atoms with van der Waals surface area (Å²) in [6, 6.07) is 0. The van der Waals surface area contributed by atoms with Gasteiger partial charge in [0.05, 0.1) is 55.1 Å². The van der Waals surface area contributed by atoms with Crippen molar-refractivity contribution in [3.05, 3.63) is 35.5 Å². The van der Waals surface area contributed by atoms with E-state index in [9.17, 15) is 63.9 Å². The lowest BCUT2D eigenvalue weighted by Gasteiger charge is -2.26. The van der Waals surface area contributed by atoms with Crippen molar-refractivity contribution in [3.63, 3.8) is 0 Å². The third kappa shape index (κ3) is 27.8. The predicted molar refractivity (Wildman–Crippen MR) is 256 cm³/mol. The topological polar surface area (TPSA) is 276 Å². The molecule has 0 rings (SSSR count). The quantitative estimate of drug-likeness (QED) is 0.0191. The molecule has 0 spiro atoms. The van der Waals surface area contributed by atoms with E-state index in [4.69, 9.17) is 14.6 Å². The molecule has 0 saturated carbocycles. The van der Waals surface area contributed by atoms with E-state index in [2.05, 4.69) is 19.1 Å². The van der Waals surface area contributed by atoms with Gasteiger partial charge < -0.3 is 40.1 Å². The Balaban J connectivity index is 5.43. The molecule has 12 unspecified atom stereocenters. The minimum atomic E-state index is -1.46. The van der Waals surface area contributed by atoms with Crippen LogP contribution in [0.1, 0.15) is 172 Å². The Kier molecular flexibility index (Phi) is 31.2. The minimum Gasteiger partial charge on any atom is -0.481 e. The van der Waals surface area contributed by atoms with Gasteiger partial charge in [-0.25, -0.2) is 0 Å². The number of hydrogen-bond donors (Lipinski definition) is 6. The summed E-state index contributed by atoms with van der Waals surface area (Å²) >= 11 is 0. The molecule has 388 valence electrons. The number of carboxylic acid groups (broad SMARTS) is 5. The standard InChI is InChI=1S/C52H84O16/c1-11-40(27-37(8)49(59)60)44(53)23-19-32(3)24-33(4)25-34(5)26-36(7)48(58)35(6)20-22-42(68-47(57)30-43(52(65)66)39(10)50(61)62)17-15-13-12-14-16-31(2)18-21-38(9)67-46(56)29-41(51(63)64)28-45(54)55/h14,16,24,26,31,33,35-43,48,58H,11-13,15,17-23,25,27-30H2,1-10H3,(H,54,55)(H,59,60)(H,61,62)(H,63,64)(H,65,66). The van der Waals surface area contributed by atoms with Crippen LogP contribution in [0.5, 0.6) is 0 Å². The molecule has 0 fully saturated rings. The maximum Gasteiger partial charge on any atom is 0.307 e. The second kappa shape index (κ2) is 33.6. The van der Waals surface area contributed by atoms with Gasteiger partial charge in [0.1, 0.15) is 11.9 Å². The van der Waals surface area contributed by atoms with Gasteiger partial charge in [0.25, 0.3) is 0 Å². The summed E-state index contributed by atoms with van der Waals surface area (Å²) in [6.45, 7) is 18.4. The summed E-state index contributed by atoms with van der Waals surface area (Å²) in [5.74, 6) is -12.8. The highest BCUT2D eigenvalue weighted by Gasteiger charge is 2.34. The first-order valence-electron chi connectivity index (χ1n) is 24.4. The normalized spacial score (nSPS) is 17.6. The Morgan fingerprint density at radius 2 is 1.22 bits per heavy atom. The van der Waals surface area contributed by atoms with Crippen LogP contribution in [0.3, 0.4) is 0 Å². The molecule has 16 heteroatoms. The Morgan fingerprint density at radius 3 is 1.78 bits per heavy atom. The molecule has 0 aliphatic carbocycles. The average Bonchev–Trinajstić information content (AvgIpc) is 3.24. The first kappa shape index (κ1) is 63.1. The number of aliphatic carboxylic acids is 5. The Morgan fingerprint density at radius 1 is 0.588 bits per heavy atom. The van der Waals surface area contributed by atoms with Crippen LogP contribution in [0.15, 0.2) is 35.5 Å². The molecule has 0 saturated heterocycles. The Labute approximate surface area is 404 Å². The van der Waals surface area contributed by atoms with Crippen LogP contribution >= 0.6 is 0 Å². The molecule has 16 nitrogen and oxygen atoms in total. The van der Waals surface area contributed by atoms with Crippen molar-refractivity contribution < 1.29 is 78.5 Å². The van der Waals surface area contributed by atoms with Gasteiger partial charge in [-0.05, 0) is 116 Å². The Hall–Kier alpha value is -4.86. The Bertz CT molecular complexity index is 1710. The number of aliphatic hydroxyl groups is 1. The van der Waals surface area contributed by atoms with Gasteiger partial charge in [-0.1, -0.05) is 83.9 Å². The van der Waals surface area contributed by atoms with Crippen LogP contribution in [0.2, 0.25) is 0 Å². The first-order valence-corrected chi connectivity index (χ1v) is 24.4. The number of ketones is 1. The largest absolute Gasteiger partial charge is 0.481 e. The highest BCUT2D eigenvalue weighted by molar-refractivity contribution is 5.85. The van der Waals surface area contributed by atoms with Gasteiger partial charge in [0.2, 0.25) is 0 Å². The van der Waals surface area contributed by atoms with E-state index in [1.165, 1.54) is 6.92 Å². The van der Waals surface area contributed by atoms with Crippen molar-refractivity contribution in [1.82, 2.24) is 0 Å². The summed E-state index contributed by atoms with van der Waals surface area (Å²) in [5, 5.41) is 57.7. The fourth-order valence-corrected chi connectivity index (χ4v) is 8.34. The van der Waals surface area contributed by atoms with E-state index in [1.54, 1.807) is 13.8 Å². The smallest absolute Gasteiger partial charge is 0.307 e. The number of carboxylic acids is 5. The monoisotopic (exact) mass is 965 g/mol. The average molecular weight is 965 g/mol. The van der Waals surface area contributed by atoms with Gasteiger partial charge in [-0.3, -0.25) is 38.4 Å². The zero-order valence-corrected chi connectivity index (χ0v) is 42.3. The molecule has 0 bridgehead atoms. The molecule has 0 aromatic heterocycles. The van der Waals surface area contributed by atoms with Crippen molar-refractivity contribution in [2.45, 2.75) is 190 Å². The van der Waals surface area contributed by atoms with Gasteiger partial charge in [0, 0.05) is 18.3 Å². The number of allylic oxidation sites excluding steroid dienone is 5. The number of aliphatic hydroxyl groups excluding tert-OH is 1. The predicted octanol–water partition coefficient (Wildman–Crippen LogP) is 9.56.